The van der Waals surface area contributed by atoms with Crippen LogP contribution in [0.5, 0.6) is 0 Å². The van der Waals surface area contributed by atoms with Gasteiger partial charge in [0.05, 0.1) is 183 Å². The smallest absolute Gasteiger partial charge is 0.277 e. The molecule has 31 nitrogen and oxygen atoms in total. The molecule has 0 spiro atoms. The molecule has 0 fully saturated rings. The number of hydrogen-bond acceptors (Lipinski definition) is 25. The van der Waals surface area contributed by atoms with Crippen molar-refractivity contribution in [2.75, 3.05) is 198 Å². The van der Waals surface area contributed by atoms with Crippen molar-refractivity contribution < 1.29 is 85.2 Å². The number of rotatable bonds is 64. The first kappa shape index (κ1) is 82.3. The Kier molecular flexibility index (Phi) is 47.8. The number of aryl methyl sites for hydroxylation is 2. The summed E-state index contributed by atoms with van der Waals surface area (Å²) in [5.74, 6) is -0.366. The second kappa shape index (κ2) is 55.8. The monoisotopic (exact) mass is 1380 g/mol. The molecule has 32 heteroatoms. The van der Waals surface area contributed by atoms with Crippen molar-refractivity contribution in [1.82, 2.24) is 66.4 Å². The summed E-state index contributed by atoms with van der Waals surface area (Å²) in [5, 5.41) is 36.7. The fourth-order valence-corrected chi connectivity index (χ4v) is 8.95. The molecule has 0 radical (unpaired) electrons. The van der Waals surface area contributed by atoms with Crippen LogP contribution in [0.2, 0.25) is 0 Å². The first-order valence-electron chi connectivity index (χ1n) is 33.7. The van der Waals surface area contributed by atoms with Crippen LogP contribution in [0.1, 0.15) is 101 Å². The number of unbranched alkanes of at least 4 members (excludes halogenated alkanes) is 2. The number of amides is 5. The molecule has 0 saturated heterocycles. The van der Waals surface area contributed by atoms with Crippen LogP contribution in [-0.4, -0.2) is 278 Å². The maximum atomic E-state index is 13.8. The lowest BCUT2D eigenvalue weighted by atomic mass is 10.1. The van der Waals surface area contributed by atoms with E-state index in [0.717, 1.165) is 49.9 Å². The third-order valence-corrected chi connectivity index (χ3v) is 14.3. The Labute approximate surface area is 569 Å². The van der Waals surface area contributed by atoms with E-state index >= 15 is 0 Å². The van der Waals surface area contributed by atoms with Crippen molar-refractivity contribution in [2.24, 2.45) is 0 Å². The van der Waals surface area contributed by atoms with E-state index < -0.39 is 0 Å². The van der Waals surface area contributed by atoms with Gasteiger partial charge in [0.1, 0.15) is 0 Å². The van der Waals surface area contributed by atoms with E-state index in [9.17, 15) is 24.0 Å². The van der Waals surface area contributed by atoms with Gasteiger partial charge in [0.2, 0.25) is 29.5 Å². The predicted octanol–water partition coefficient (Wildman–Crippen LogP) is 3.17. The summed E-state index contributed by atoms with van der Waals surface area (Å²) in [7, 11) is 0. The Hall–Kier alpha value is -6.14. The number of nitrogens with one attached hydrogen (secondary N) is 4. The highest BCUT2D eigenvalue weighted by atomic mass is 32.2. The zero-order valence-corrected chi connectivity index (χ0v) is 57.8. The lowest BCUT2D eigenvalue weighted by molar-refractivity contribution is -0.123. The maximum absolute atomic E-state index is 13.8. The van der Waals surface area contributed by atoms with Gasteiger partial charge in [-0.25, -0.2) is 9.36 Å². The predicted molar refractivity (Wildman–Crippen MR) is 354 cm³/mol. The third-order valence-electron chi connectivity index (χ3n) is 13.5. The van der Waals surface area contributed by atoms with E-state index in [0.29, 0.717) is 207 Å². The Bertz CT molecular complexity index is 2500. The van der Waals surface area contributed by atoms with Gasteiger partial charge in [-0.3, -0.25) is 24.0 Å². The van der Waals surface area contributed by atoms with Crippen molar-refractivity contribution >= 4 is 41.3 Å². The van der Waals surface area contributed by atoms with Crippen LogP contribution in [0.25, 0.3) is 11.5 Å². The van der Waals surface area contributed by atoms with Crippen molar-refractivity contribution in [3.8, 4) is 11.5 Å². The molecular weight excluding hydrogens is 1270 g/mol. The van der Waals surface area contributed by atoms with Crippen molar-refractivity contribution in [3.63, 3.8) is 0 Å². The molecule has 5 amide bonds. The van der Waals surface area contributed by atoms with E-state index in [1.54, 1.807) is 38.5 Å². The Morgan fingerprint density at radius 2 is 0.792 bits per heavy atom. The summed E-state index contributed by atoms with van der Waals surface area (Å²) in [6, 6.07) is 7.02. The third kappa shape index (κ3) is 42.5. The minimum Gasteiger partial charge on any atom is -0.411 e. The van der Waals surface area contributed by atoms with Gasteiger partial charge >= 0.3 is 0 Å². The van der Waals surface area contributed by atoms with E-state index in [2.05, 4.69) is 65.9 Å². The number of benzene rings is 1. The highest BCUT2D eigenvalue weighted by Gasteiger charge is 2.18. The van der Waals surface area contributed by atoms with E-state index in [1.807, 2.05) is 26.2 Å². The maximum Gasteiger partial charge on any atom is 0.277 e. The number of aromatic nitrogens is 8. The number of ether oxygens (including phenoxy) is 12. The van der Waals surface area contributed by atoms with Crippen LogP contribution in [-0.2, 0) is 102 Å². The molecule has 0 aliphatic carbocycles. The number of carbonyl (C=O) groups excluding carboxylic acids is 5. The molecule has 0 aliphatic rings. The molecule has 3 heterocycles. The Balaban J connectivity index is 0.931. The summed E-state index contributed by atoms with van der Waals surface area (Å²) in [6.07, 6.45) is 11.0. The van der Waals surface area contributed by atoms with Gasteiger partial charge in [-0.05, 0) is 49.9 Å². The largest absolute Gasteiger partial charge is 0.411 e. The first-order chi connectivity index (χ1) is 47.0. The van der Waals surface area contributed by atoms with Gasteiger partial charge < -0.3 is 87.4 Å². The minimum absolute atomic E-state index is 0.121. The molecule has 1 aromatic carbocycles. The van der Waals surface area contributed by atoms with Gasteiger partial charge in [0, 0.05) is 93.7 Å². The van der Waals surface area contributed by atoms with Gasteiger partial charge in [-0.15, -0.1) is 20.4 Å². The minimum atomic E-state index is -0.191. The number of nitrogens with zero attached hydrogens (tertiary/aromatic N) is 9. The van der Waals surface area contributed by atoms with Crippen molar-refractivity contribution in [2.45, 2.75) is 115 Å². The Morgan fingerprint density at radius 3 is 1.16 bits per heavy atom. The molecule has 96 heavy (non-hydrogen) atoms. The van der Waals surface area contributed by atoms with Crippen LogP contribution < -0.4 is 21.3 Å². The van der Waals surface area contributed by atoms with E-state index in [1.165, 1.54) is 11.8 Å². The SMILES string of the molecule is CCCCc1cn(CCOCCC(=O)NCCOCCNC(=O)CCOCCOCCOCCOCCN(CCOCCOCCOCCOCCC(=O)NCCOCCNC(=O)CCOCCn2cc(CCCC)nn2)C(=O)c2ccc(-c3nnc(SC(C)C)o3)cc2)nn1. The fourth-order valence-electron chi connectivity index (χ4n) is 8.33. The van der Waals surface area contributed by atoms with Crippen LogP contribution in [0, 0.1) is 0 Å². The van der Waals surface area contributed by atoms with Crippen LogP contribution in [0.4, 0.5) is 0 Å². The molecule has 3 aromatic heterocycles. The molecule has 0 aliphatic heterocycles. The first-order valence-corrected chi connectivity index (χ1v) is 34.6. The van der Waals surface area contributed by atoms with E-state index in [4.69, 9.17) is 61.3 Å². The molecule has 0 saturated carbocycles. The Morgan fingerprint density at radius 1 is 0.448 bits per heavy atom. The molecule has 4 rings (SSSR count). The van der Waals surface area contributed by atoms with Crippen LogP contribution in [0.3, 0.4) is 0 Å². The second-order valence-corrected chi connectivity index (χ2v) is 23.3. The summed E-state index contributed by atoms with van der Waals surface area (Å²) in [6.45, 7) is 19.5. The quantitative estimate of drug-likeness (QED) is 0.0364. The normalized spacial score (nSPS) is 11.4. The zero-order valence-electron chi connectivity index (χ0n) is 57.0. The molecule has 0 unspecified atom stereocenters. The molecule has 4 aromatic rings. The van der Waals surface area contributed by atoms with Crippen LogP contribution in [0.15, 0.2) is 46.3 Å². The highest BCUT2D eigenvalue weighted by molar-refractivity contribution is 7.99. The number of thioether (sulfide) groups is 1. The molecular formula is C64H107N13O18S. The van der Waals surface area contributed by atoms with Gasteiger partial charge in [0.25, 0.3) is 11.1 Å². The molecule has 0 bridgehead atoms. The molecule has 542 valence electrons. The average Bonchev–Trinajstić information content (AvgIpc) is 1.56. The van der Waals surface area contributed by atoms with Crippen molar-refractivity contribution in [1.29, 1.82) is 0 Å². The topological polar surface area (TPSA) is 348 Å². The summed E-state index contributed by atoms with van der Waals surface area (Å²) in [4.78, 5) is 63.9. The second-order valence-electron chi connectivity index (χ2n) is 21.8. The van der Waals surface area contributed by atoms with Crippen molar-refractivity contribution in [3.05, 3.63) is 53.6 Å². The summed E-state index contributed by atoms with van der Waals surface area (Å²) < 4.78 is 76.6. The molecule has 4 N–H and O–H groups in total. The lowest BCUT2D eigenvalue weighted by Crippen LogP contribution is -2.37. The van der Waals surface area contributed by atoms with Gasteiger partial charge in [-0.1, -0.05) is 62.7 Å². The summed E-state index contributed by atoms with van der Waals surface area (Å²) >= 11 is 1.48. The van der Waals surface area contributed by atoms with E-state index in [-0.39, 0.29) is 86.9 Å². The average molecular weight is 1380 g/mol. The number of carbonyl (C=O) groups is 5. The summed E-state index contributed by atoms with van der Waals surface area (Å²) in [5.41, 5.74) is 3.13. The zero-order chi connectivity index (χ0) is 68.6. The van der Waals surface area contributed by atoms with Gasteiger partial charge in [0.15, 0.2) is 0 Å². The highest BCUT2D eigenvalue weighted by Crippen LogP contribution is 2.26. The van der Waals surface area contributed by atoms with Crippen LogP contribution >= 0.6 is 11.8 Å². The lowest BCUT2D eigenvalue weighted by Gasteiger charge is -2.23. The van der Waals surface area contributed by atoms with Gasteiger partial charge in [-0.2, -0.15) is 0 Å². The standard InChI is InChI=1S/C64H107N13O18S/c1-5-7-9-56-51-76(73-69-56)25-37-83-27-15-58(78)65-19-31-87-33-21-67-60(80)17-29-85-39-43-91-47-49-93-45-41-89-35-23-75(63(82)55-13-11-54(12-14-55)62-71-72-64(95-62)96-53(3)4)24-36-90-42-46-94-50-48-92-44-40-86-30-18-61(81)68-22-34-88-32-20-66-59(79)16-28-84-38-26-77-52-57(70-74-77)10-8-6-2/h11-14,51-53H,5-10,15-50H2,1-4H3,(H,65,78)(H,66,79)(H,67,80)(H,68,81). The number of hydrogen-bond donors (Lipinski definition) is 4. The molecule has 0 atom stereocenters. The fraction of sp³-hybridized carbons (Fsp3) is 0.734.